The molecule has 1 aliphatic carbocycles. The largest absolute Gasteiger partial charge is 0.378 e. The minimum atomic E-state index is -0.769. The van der Waals surface area contributed by atoms with Crippen LogP contribution in [0, 0.1) is 12.7 Å². The maximum atomic E-state index is 14.7. The van der Waals surface area contributed by atoms with Crippen molar-refractivity contribution in [3.63, 3.8) is 0 Å². The summed E-state index contributed by atoms with van der Waals surface area (Å²) in [5.41, 5.74) is 13.2. The molecule has 1 saturated heterocycles. The number of aromatic nitrogens is 2. The normalized spacial score (nSPS) is 21.3. The van der Waals surface area contributed by atoms with E-state index in [1.54, 1.807) is 6.20 Å². The van der Waals surface area contributed by atoms with Gasteiger partial charge >= 0.3 is 0 Å². The van der Waals surface area contributed by atoms with Gasteiger partial charge in [-0.15, -0.1) is 0 Å². The van der Waals surface area contributed by atoms with Crippen molar-refractivity contribution in [3.8, 4) is 0 Å². The van der Waals surface area contributed by atoms with Crippen molar-refractivity contribution in [2.24, 2.45) is 11.5 Å². The van der Waals surface area contributed by atoms with Gasteiger partial charge < -0.3 is 31.7 Å². The number of aryl methyl sites for hydroxylation is 1. The number of ether oxygens (including phenoxy) is 1. The Morgan fingerprint density at radius 2 is 1.97 bits per heavy atom. The predicted octanol–water partition coefficient (Wildman–Crippen LogP) is 2.29. The Labute approximate surface area is 186 Å². The summed E-state index contributed by atoms with van der Waals surface area (Å²) in [4.78, 5) is 23.0. The van der Waals surface area contributed by atoms with Gasteiger partial charge in [0, 0.05) is 25.2 Å². The van der Waals surface area contributed by atoms with Crippen LogP contribution in [0.1, 0.15) is 41.6 Å². The summed E-state index contributed by atoms with van der Waals surface area (Å²) in [7, 11) is 0. The van der Waals surface area contributed by atoms with Crippen LogP contribution < -0.4 is 27.0 Å². The number of rotatable bonds is 6. The molecule has 3 heterocycles. The quantitative estimate of drug-likeness (QED) is 0.535. The summed E-state index contributed by atoms with van der Waals surface area (Å²) in [5, 5.41) is 6.20. The van der Waals surface area contributed by atoms with Gasteiger partial charge in [0.15, 0.2) is 11.6 Å². The van der Waals surface area contributed by atoms with Crippen LogP contribution in [0.4, 0.5) is 27.5 Å². The molecule has 0 bridgehead atoms. The van der Waals surface area contributed by atoms with Crippen LogP contribution in [-0.4, -0.2) is 54.3 Å². The molecule has 2 unspecified atom stereocenters. The van der Waals surface area contributed by atoms with Gasteiger partial charge in [-0.1, -0.05) is 12.8 Å². The molecule has 10 heteroatoms. The number of nitrogens with two attached hydrogens (primary N) is 2. The first-order chi connectivity index (χ1) is 15.4. The standard InChI is InChI=1S/C22H30FN7O2/c1-13-10-14(12-26-22(13)30-6-8-32-9-7-30)27-20-15(19(25)31)11-16(23)21(29-20)28-18-5-3-2-4-17(18)24/h10-12,17-18H,2-9,24H2,1H3,(H2,25,31)(H2,27,28,29). The first-order valence-electron chi connectivity index (χ1n) is 11.0. The van der Waals surface area contributed by atoms with Gasteiger partial charge in [0.2, 0.25) is 0 Å². The molecule has 0 radical (unpaired) electrons. The zero-order chi connectivity index (χ0) is 22.7. The fourth-order valence-electron chi connectivity index (χ4n) is 4.27. The summed E-state index contributed by atoms with van der Waals surface area (Å²) < 4.78 is 20.1. The lowest BCUT2D eigenvalue weighted by Gasteiger charge is -2.30. The first kappa shape index (κ1) is 22.2. The highest BCUT2D eigenvalue weighted by molar-refractivity contribution is 5.98. The summed E-state index contributed by atoms with van der Waals surface area (Å²) in [6, 6.07) is 2.88. The van der Waals surface area contributed by atoms with Crippen molar-refractivity contribution in [1.82, 2.24) is 9.97 Å². The second-order valence-corrected chi connectivity index (χ2v) is 8.37. The van der Waals surface area contributed by atoms with E-state index in [1.165, 1.54) is 0 Å². The number of nitrogens with one attached hydrogen (secondary N) is 2. The van der Waals surface area contributed by atoms with Crippen LogP contribution in [-0.2, 0) is 4.74 Å². The molecule has 32 heavy (non-hydrogen) atoms. The van der Waals surface area contributed by atoms with Gasteiger partial charge in [-0.3, -0.25) is 4.79 Å². The van der Waals surface area contributed by atoms with E-state index >= 15 is 0 Å². The highest BCUT2D eigenvalue weighted by atomic mass is 19.1. The molecule has 0 aromatic carbocycles. The summed E-state index contributed by atoms with van der Waals surface area (Å²) in [5.74, 6) is -0.302. The zero-order valence-electron chi connectivity index (χ0n) is 18.2. The number of carbonyl (C=O) groups is 1. The van der Waals surface area contributed by atoms with Gasteiger partial charge in [-0.05, 0) is 37.5 Å². The molecular weight excluding hydrogens is 413 g/mol. The molecule has 2 atom stereocenters. The number of pyridine rings is 2. The van der Waals surface area contributed by atoms with E-state index in [9.17, 15) is 9.18 Å². The number of hydrogen-bond donors (Lipinski definition) is 4. The minimum absolute atomic E-state index is 0.0316. The maximum absolute atomic E-state index is 14.7. The molecule has 2 aromatic rings. The van der Waals surface area contributed by atoms with Crippen molar-refractivity contribution in [1.29, 1.82) is 0 Å². The summed E-state index contributed by atoms with van der Waals surface area (Å²) in [6.07, 6.45) is 5.48. The molecule has 0 spiro atoms. The Hall–Kier alpha value is -2.98. The van der Waals surface area contributed by atoms with Crippen LogP contribution >= 0.6 is 0 Å². The van der Waals surface area contributed by atoms with Gasteiger partial charge in [0.1, 0.15) is 11.6 Å². The molecule has 9 nitrogen and oxygen atoms in total. The Balaban J connectivity index is 1.59. The van der Waals surface area contributed by atoms with Gasteiger partial charge in [0.05, 0.1) is 30.7 Å². The molecular formula is C22H30FN7O2. The number of anilines is 4. The molecule has 1 aliphatic heterocycles. The fourth-order valence-corrected chi connectivity index (χ4v) is 4.27. The van der Waals surface area contributed by atoms with E-state index in [-0.39, 0.29) is 29.3 Å². The second-order valence-electron chi connectivity index (χ2n) is 8.37. The van der Waals surface area contributed by atoms with Gasteiger partial charge in [-0.25, -0.2) is 14.4 Å². The summed E-state index contributed by atoms with van der Waals surface area (Å²) >= 11 is 0. The van der Waals surface area contributed by atoms with Gasteiger partial charge in [0.25, 0.3) is 5.91 Å². The lowest BCUT2D eigenvalue weighted by Crippen LogP contribution is -2.43. The number of nitrogens with zero attached hydrogens (tertiary/aromatic N) is 3. The van der Waals surface area contributed by atoms with Crippen molar-refractivity contribution in [2.75, 3.05) is 41.8 Å². The molecule has 2 aromatic heterocycles. The molecule has 1 amide bonds. The Morgan fingerprint density at radius 3 is 2.66 bits per heavy atom. The smallest absolute Gasteiger partial charge is 0.252 e. The fraction of sp³-hybridized carbons (Fsp3) is 0.500. The van der Waals surface area contributed by atoms with Crippen molar-refractivity contribution in [3.05, 3.63) is 35.3 Å². The molecule has 4 rings (SSSR count). The van der Waals surface area contributed by atoms with Gasteiger partial charge in [-0.2, -0.15) is 0 Å². The van der Waals surface area contributed by atoms with Crippen molar-refractivity contribution < 1.29 is 13.9 Å². The number of morpholine rings is 1. The van der Waals surface area contributed by atoms with E-state index in [2.05, 4.69) is 25.5 Å². The van der Waals surface area contributed by atoms with Crippen LogP contribution in [0.2, 0.25) is 0 Å². The third-order valence-corrected chi connectivity index (χ3v) is 6.01. The van der Waals surface area contributed by atoms with E-state index in [0.29, 0.717) is 18.9 Å². The summed E-state index contributed by atoms with van der Waals surface area (Å²) in [6.45, 7) is 4.87. The Kier molecular flexibility index (Phi) is 6.71. The van der Waals surface area contributed by atoms with E-state index in [0.717, 1.165) is 56.2 Å². The van der Waals surface area contributed by atoms with Crippen LogP contribution in [0.3, 0.4) is 0 Å². The monoisotopic (exact) mass is 443 g/mol. The Morgan fingerprint density at radius 1 is 1.22 bits per heavy atom. The topological polar surface area (TPSA) is 131 Å². The molecule has 172 valence electrons. The highest BCUT2D eigenvalue weighted by Crippen LogP contribution is 2.28. The highest BCUT2D eigenvalue weighted by Gasteiger charge is 2.24. The number of halogens is 1. The third-order valence-electron chi connectivity index (χ3n) is 6.01. The lowest BCUT2D eigenvalue weighted by atomic mass is 9.91. The van der Waals surface area contributed by atoms with E-state index in [4.69, 9.17) is 16.2 Å². The lowest BCUT2D eigenvalue weighted by molar-refractivity contribution is 0.100. The SMILES string of the molecule is Cc1cc(Nc2nc(NC3CCCCC3N)c(F)cc2C(N)=O)cnc1N1CCOCC1. The average Bonchev–Trinajstić information content (AvgIpc) is 2.78. The number of amides is 1. The van der Waals surface area contributed by atoms with E-state index < -0.39 is 11.7 Å². The molecule has 2 aliphatic rings. The van der Waals surface area contributed by atoms with E-state index in [1.807, 2.05) is 13.0 Å². The number of carbonyl (C=O) groups excluding carboxylic acids is 1. The third kappa shape index (κ3) is 4.91. The van der Waals surface area contributed by atoms with Crippen molar-refractivity contribution in [2.45, 2.75) is 44.7 Å². The minimum Gasteiger partial charge on any atom is -0.378 e. The molecule has 6 N–H and O–H groups in total. The van der Waals surface area contributed by atoms with Crippen LogP contribution in [0.5, 0.6) is 0 Å². The first-order valence-corrected chi connectivity index (χ1v) is 11.0. The maximum Gasteiger partial charge on any atom is 0.252 e. The predicted molar refractivity (Wildman–Crippen MR) is 122 cm³/mol. The zero-order valence-corrected chi connectivity index (χ0v) is 18.2. The van der Waals surface area contributed by atoms with Crippen LogP contribution in [0.25, 0.3) is 0 Å². The average molecular weight is 444 g/mol. The second kappa shape index (κ2) is 9.66. The van der Waals surface area contributed by atoms with Crippen molar-refractivity contribution >= 4 is 29.0 Å². The van der Waals surface area contributed by atoms with Crippen LogP contribution in [0.15, 0.2) is 18.3 Å². The molecule has 2 fully saturated rings. The Bertz CT molecular complexity index is 981. The molecule has 1 saturated carbocycles. The number of hydrogen-bond acceptors (Lipinski definition) is 8. The number of primary amides is 1.